The van der Waals surface area contributed by atoms with Crippen LogP contribution in [0.2, 0.25) is 0 Å². The number of aliphatic hydroxyl groups excluding tert-OH is 1. The maximum atomic E-state index is 11.0. The van der Waals surface area contributed by atoms with Crippen LogP contribution in [0.15, 0.2) is 23.0 Å². The van der Waals surface area contributed by atoms with Gasteiger partial charge in [0.2, 0.25) is 0 Å². The number of pyridine rings is 1. The van der Waals surface area contributed by atoms with Crippen molar-refractivity contribution in [3.8, 4) is 0 Å². The van der Waals surface area contributed by atoms with Crippen LogP contribution in [0.25, 0.3) is 0 Å². The summed E-state index contributed by atoms with van der Waals surface area (Å²) in [5, 5.41) is 9.17. The highest BCUT2D eigenvalue weighted by molar-refractivity contribution is 5.08. The summed E-state index contributed by atoms with van der Waals surface area (Å²) in [6.45, 7) is 1.63. The molecule has 1 unspecified atom stereocenters. The highest BCUT2D eigenvalue weighted by Crippen LogP contribution is 2.06. The van der Waals surface area contributed by atoms with E-state index in [4.69, 9.17) is 5.11 Å². The Morgan fingerprint density at radius 2 is 2.18 bits per heavy atom. The molecule has 0 aliphatic carbocycles. The fourth-order valence-electron chi connectivity index (χ4n) is 0.999. The van der Waals surface area contributed by atoms with Gasteiger partial charge >= 0.3 is 0 Å². The quantitative estimate of drug-likeness (QED) is 0.636. The van der Waals surface area contributed by atoms with E-state index in [-0.39, 0.29) is 5.56 Å². The van der Waals surface area contributed by atoms with E-state index in [2.05, 4.69) is 0 Å². The zero-order valence-corrected chi connectivity index (χ0v) is 6.61. The zero-order valence-electron chi connectivity index (χ0n) is 6.61. The largest absolute Gasteiger partial charge is 0.387 e. The lowest BCUT2D eigenvalue weighted by molar-refractivity contribution is 0.189. The summed E-state index contributed by atoms with van der Waals surface area (Å²) < 4.78 is 1.44. The SMILES string of the molecule is CC(O)c1cccc(=O)n1C. The van der Waals surface area contributed by atoms with Gasteiger partial charge in [0.25, 0.3) is 5.56 Å². The molecule has 60 valence electrons. The van der Waals surface area contributed by atoms with Crippen molar-refractivity contribution in [2.75, 3.05) is 0 Å². The van der Waals surface area contributed by atoms with Gasteiger partial charge in [-0.25, -0.2) is 0 Å². The number of aromatic nitrogens is 1. The van der Waals surface area contributed by atoms with E-state index in [1.165, 1.54) is 10.6 Å². The van der Waals surface area contributed by atoms with E-state index in [0.717, 1.165) is 0 Å². The van der Waals surface area contributed by atoms with Crippen LogP contribution in [0.4, 0.5) is 0 Å². The van der Waals surface area contributed by atoms with Crippen molar-refractivity contribution in [3.63, 3.8) is 0 Å². The Kier molecular flexibility index (Phi) is 2.10. The smallest absolute Gasteiger partial charge is 0.250 e. The second-order valence-electron chi connectivity index (χ2n) is 2.52. The summed E-state index contributed by atoms with van der Waals surface area (Å²) in [5.74, 6) is 0. The molecule has 0 radical (unpaired) electrons. The predicted octanol–water partition coefficient (Wildman–Crippen LogP) is 0.439. The first-order valence-corrected chi connectivity index (χ1v) is 3.47. The minimum Gasteiger partial charge on any atom is -0.387 e. The molecule has 1 N–H and O–H groups in total. The third-order valence-electron chi connectivity index (χ3n) is 1.65. The fourth-order valence-corrected chi connectivity index (χ4v) is 0.999. The molecule has 0 aliphatic rings. The van der Waals surface area contributed by atoms with Gasteiger partial charge in [-0.15, -0.1) is 0 Å². The Hall–Kier alpha value is -1.09. The normalized spacial score (nSPS) is 13.0. The summed E-state index contributed by atoms with van der Waals surface area (Å²) in [4.78, 5) is 11.0. The molecule has 0 amide bonds. The topological polar surface area (TPSA) is 42.2 Å². The molecule has 1 aromatic heterocycles. The number of nitrogens with zero attached hydrogens (tertiary/aromatic N) is 1. The van der Waals surface area contributed by atoms with Gasteiger partial charge in [0.15, 0.2) is 0 Å². The predicted molar refractivity (Wildman–Crippen MR) is 42.3 cm³/mol. The van der Waals surface area contributed by atoms with Crippen LogP contribution in [0.3, 0.4) is 0 Å². The van der Waals surface area contributed by atoms with Crippen LogP contribution >= 0.6 is 0 Å². The number of rotatable bonds is 1. The summed E-state index contributed by atoms with van der Waals surface area (Å²) in [6, 6.07) is 4.84. The monoisotopic (exact) mass is 153 g/mol. The number of aliphatic hydroxyl groups is 1. The first-order chi connectivity index (χ1) is 5.13. The Bertz CT molecular complexity index is 301. The van der Waals surface area contributed by atoms with Gasteiger partial charge in [0, 0.05) is 18.8 Å². The minimum atomic E-state index is -0.589. The summed E-state index contributed by atoms with van der Waals surface area (Å²) >= 11 is 0. The first kappa shape index (κ1) is 8.01. The van der Waals surface area contributed by atoms with Crippen molar-refractivity contribution in [3.05, 3.63) is 34.2 Å². The lowest BCUT2D eigenvalue weighted by Gasteiger charge is -2.08. The third-order valence-corrected chi connectivity index (χ3v) is 1.65. The van der Waals surface area contributed by atoms with Crippen molar-refractivity contribution >= 4 is 0 Å². The van der Waals surface area contributed by atoms with Crippen LogP contribution < -0.4 is 5.56 Å². The highest BCUT2D eigenvalue weighted by Gasteiger charge is 2.03. The molecule has 0 saturated carbocycles. The van der Waals surface area contributed by atoms with Gasteiger partial charge in [-0.3, -0.25) is 4.79 Å². The first-order valence-electron chi connectivity index (χ1n) is 3.47. The van der Waals surface area contributed by atoms with Gasteiger partial charge in [-0.1, -0.05) is 6.07 Å². The lowest BCUT2D eigenvalue weighted by atomic mass is 10.2. The molecule has 0 spiro atoms. The third kappa shape index (κ3) is 1.49. The molecule has 0 saturated heterocycles. The summed E-state index contributed by atoms with van der Waals surface area (Å²) in [6.07, 6.45) is -0.589. The Morgan fingerprint density at radius 1 is 1.55 bits per heavy atom. The minimum absolute atomic E-state index is 0.0941. The summed E-state index contributed by atoms with van der Waals surface area (Å²) in [7, 11) is 1.64. The van der Waals surface area contributed by atoms with E-state index in [1.54, 1.807) is 26.1 Å². The van der Waals surface area contributed by atoms with Crippen molar-refractivity contribution in [1.82, 2.24) is 4.57 Å². The average molecular weight is 153 g/mol. The molecule has 1 atom stereocenters. The van der Waals surface area contributed by atoms with Gasteiger partial charge in [-0.05, 0) is 13.0 Å². The van der Waals surface area contributed by atoms with Crippen LogP contribution in [-0.4, -0.2) is 9.67 Å². The molecule has 0 bridgehead atoms. The van der Waals surface area contributed by atoms with E-state index in [9.17, 15) is 4.79 Å². The average Bonchev–Trinajstić information content (AvgIpc) is 1.94. The van der Waals surface area contributed by atoms with E-state index in [1.807, 2.05) is 0 Å². The van der Waals surface area contributed by atoms with Gasteiger partial charge in [-0.2, -0.15) is 0 Å². The van der Waals surface area contributed by atoms with E-state index >= 15 is 0 Å². The molecular formula is C8H11NO2. The molecule has 0 aromatic carbocycles. The van der Waals surface area contributed by atoms with E-state index in [0.29, 0.717) is 5.69 Å². The van der Waals surface area contributed by atoms with Crippen LogP contribution in [0, 0.1) is 0 Å². The second kappa shape index (κ2) is 2.88. The molecule has 0 aliphatic heterocycles. The van der Waals surface area contributed by atoms with Crippen molar-refractivity contribution in [1.29, 1.82) is 0 Å². The van der Waals surface area contributed by atoms with Crippen molar-refractivity contribution in [2.24, 2.45) is 7.05 Å². The maximum absolute atomic E-state index is 11.0. The van der Waals surface area contributed by atoms with Crippen molar-refractivity contribution in [2.45, 2.75) is 13.0 Å². The molecule has 3 nitrogen and oxygen atoms in total. The summed E-state index contributed by atoms with van der Waals surface area (Å²) in [5.41, 5.74) is 0.543. The van der Waals surface area contributed by atoms with Crippen LogP contribution in [0.5, 0.6) is 0 Å². The van der Waals surface area contributed by atoms with Crippen LogP contribution in [-0.2, 0) is 7.05 Å². The Labute approximate surface area is 64.9 Å². The number of hydrogen-bond donors (Lipinski definition) is 1. The molecule has 11 heavy (non-hydrogen) atoms. The highest BCUT2D eigenvalue weighted by atomic mass is 16.3. The maximum Gasteiger partial charge on any atom is 0.250 e. The molecule has 3 heteroatoms. The second-order valence-corrected chi connectivity index (χ2v) is 2.52. The Balaban J connectivity index is 3.28. The van der Waals surface area contributed by atoms with E-state index < -0.39 is 6.10 Å². The molecule has 1 rings (SSSR count). The zero-order chi connectivity index (χ0) is 8.43. The fraction of sp³-hybridized carbons (Fsp3) is 0.375. The molecule has 0 fully saturated rings. The van der Waals surface area contributed by atoms with Gasteiger partial charge in [0.05, 0.1) is 6.10 Å². The molecular weight excluding hydrogens is 142 g/mol. The lowest BCUT2D eigenvalue weighted by Crippen LogP contribution is -2.19. The van der Waals surface area contributed by atoms with Gasteiger partial charge in [0.1, 0.15) is 0 Å². The molecule has 1 heterocycles. The van der Waals surface area contributed by atoms with Crippen molar-refractivity contribution < 1.29 is 5.11 Å². The Morgan fingerprint density at radius 3 is 2.64 bits per heavy atom. The number of hydrogen-bond acceptors (Lipinski definition) is 2. The van der Waals surface area contributed by atoms with Gasteiger partial charge < -0.3 is 9.67 Å². The molecule has 1 aromatic rings. The standard InChI is InChI=1S/C8H11NO2/c1-6(10)7-4-3-5-8(11)9(7)2/h3-6,10H,1-2H3. The van der Waals surface area contributed by atoms with Crippen LogP contribution in [0.1, 0.15) is 18.7 Å².